The normalized spacial score (nSPS) is 13.7. The third-order valence-electron chi connectivity index (χ3n) is 2.31. The first-order chi connectivity index (χ1) is 8.08. The molecular formula is C12H14N2O3. The molecule has 17 heavy (non-hydrogen) atoms. The molecule has 0 spiro atoms. The molecule has 1 aromatic rings. The first kappa shape index (κ1) is 11.4. The van der Waals surface area contributed by atoms with Crippen LogP contribution in [0.1, 0.15) is 24.2 Å². The Morgan fingerprint density at radius 3 is 2.94 bits per heavy atom. The van der Waals surface area contributed by atoms with Crippen molar-refractivity contribution in [2.24, 2.45) is 0 Å². The van der Waals surface area contributed by atoms with Gasteiger partial charge in [-0.15, -0.1) is 0 Å². The highest BCUT2D eigenvalue weighted by atomic mass is 16.5. The summed E-state index contributed by atoms with van der Waals surface area (Å²) < 4.78 is 5.24. The molecule has 0 atom stereocenters. The molecule has 0 radical (unpaired) electrons. The zero-order chi connectivity index (χ0) is 12.4. The van der Waals surface area contributed by atoms with Crippen molar-refractivity contribution in [2.75, 3.05) is 11.9 Å². The monoisotopic (exact) mass is 234 g/mol. The zero-order valence-electron chi connectivity index (χ0n) is 9.74. The van der Waals surface area contributed by atoms with Crippen LogP contribution in [0.25, 0.3) is 0 Å². The van der Waals surface area contributed by atoms with Gasteiger partial charge in [-0.1, -0.05) is 6.07 Å². The van der Waals surface area contributed by atoms with E-state index in [1.165, 1.54) is 0 Å². The van der Waals surface area contributed by atoms with E-state index in [0.717, 1.165) is 0 Å². The number of carbonyl (C=O) groups excluding carboxylic acids is 2. The molecule has 90 valence electrons. The maximum Gasteiger partial charge on any atom is 0.262 e. The van der Waals surface area contributed by atoms with E-state index < -0.39 is 0 Å². The highest BCUT2D eigenvalue weighted by Gasteiger charge is 2.22. The Morgan fingerprint density at radius 1 is 1.47 bits per heavy atom. The molecule has 1 aromatic carbocycles. The summed E-state index contributed by atoms with van der Waals surface area (Å²) in [6.07, 6.45) is 0. The van der Waals surface area contributed by atoms with E-state index in [1.807, 2.05) is 13.8 Å². The van der Waals surface area contributed by atoms with Gasteiger partial charge in [0.1, 0.15) is 5.75 Å². The molecule has 0 aliphatic carbocycles. The number of fused-ring (bicyclic) bond motifs is 1. The number of ether oxygens (including phenoxy) is 1. The molecule has 2 rings (SSSR count). The molecule has 0 saturated heterocycles. The highest BCUT2D eigenvalue weighted by molar-refractivity contribution is 6.06. The van der Waals surface area contributed by atoms with Crippen LogP contribution in [0.2, 0.25) is 0 Å². The molecule has 5 heteroatoms. The van der Waals surface area contributed by atoms with Gasteiger partial charge in [-0.2, -0.15) is 0 Å². The number of benzene rings is 1. The van der Waals surface area contributed by atoms with E-state index >= 15 is 0 Å². The van der Waals surface area contributed by atoms with Gasteiger partial charge in [0, 0.05) is 6.04 Å². The molecular weight excluding hydrogens is 220 g/mol. The number of rotatable bonds is 2. The van der Waals surface area contributed by atoms with E-state index in [2.05, 4.69) is 10.6 Å². The van der Waals surface area contributed by atoms with Crippen molar-refractivity contribution >= 4 is 17.5 Å². The second-order valence-electron chi connectivity index (χ2n) is 4.14. The summed E-state index contributed by atoms with van der Waals surface area (Å²) in [5.74, 6) is 0.0611. The molecule has 2 N–H and O–H groups in total. The fourth-order valence-electron chi connectivity index (χ4n) is 1.63. The Kier molecular flexibility index (Phi) is 2.99. The average Bonchev–Trinajstić information content (AvgIpc) is 2.27. The quantitative estimate of drug-likeness (QED) is 0.806. The zero-order valence-corrected chi connectivity index (χ0v) is 9.74. The number of hydrogen-bond acceptors (Lipinski definition) is 3. The van der Waals surface area contributed by atoms with Crippen LogP contribution < -0.4 is 15.4 Å². The standard InChI is InChI=1S/C12H14N2O3/c1-7(2)13-12(16)8-4-3-5-9-11(8)14-10(15)6-17-9/h3-5,7H,6H2,1-2H3,(H,13,16)(H,14,15). The predicted octanol–water partition coefficient (Wildman–Crippen LogP) is 1.16. The summed E-state index contributed by atoms with van der Waals surface area (Å²) in [6, 6.07) is 5.15. The fraction of sp³-hybridized carbons (Fsp3) is 0.333. The number of anilines is 1. The van der Waals surface area contributed by atoms with Gasteiger partial charge in [0.15, 0.2) is 6.61 Å². The van der Waals surface area contributed by atoms with Crippen molar-refractivity contribution in [2.45, 2.75) is 19.9 Å². The van der Waals surface area contributed by atoms with Gasteiger partial charge in [0.2, 0.25) is 0 Å². The van der Waals surface area contributed by atoms with Crippen LogP contribution in [0.15, 0.2) is 18.2 Å². The lowest BCUT2D eigenvalue weighted by atomic mass is 10.1. The molecule has 0 fully saturated rings. The molecule has 0 bridgehead atoms. The van der Waals surface area contributed by atoms with Crippen LogP contribution in [-0.2, 0) is 4.79 Å². The van der Waals surface area contributed by atoms with Crippen LogP contribution in [0.3, 0.4) is 0 Å². The second kappa shape index (κ2) is 4.45. The Morgan fingerprint density at radius 2 is 2.24 bits per heavy atom. The van der Waals surface area contributed by atoms with E-state index in [4.69, 9.17) is 4.74 Å². The molecule has 5 nitrogen and oxygen atoms in total. The van der Waals surface area contributed by atoms with Crippen molar-refractivity contribution in [3.05, 3.63) is 23.8 Å². The maximum absolute atomic E-state index is 11.9. The third-order valence-corrected chi connectivity index (χ3v) is 2.31. The Bertz CT molecular complexity index is 469. The molecule has 1 aliphatic rings. The van der Waals surface area contributed by atoms with Gasteiger partial charge >= 0.3 is 0 Å². The van der Waals surface area contributed by atoms with Gasteiger partial charge < -0.3 is 15.4 Å². The topological polar surface area (TPSA) is 67.4 Å². The summed E-state index contributed by atoms with van der Waals surface area (Å²) in [7, 11) is 0. The minimum atomic E-state index is -0.248. The summed E-state index contributed by atoms with van der Waals surface area (Å²) >= 11 is 0. The summed E-state index contributed by atoms with van der Waals surface area (Å²) in [4.78, 5) is 23.2. The Labute approximate surface area is 99.2 Å². The van der Waals surface area contributed by atoms with Crippen molar-refractivity contribution in [1.29, 1.82) is 0 Å². The lowest BCUT2D eigenvalue weighted by Crippen LogP contribution is -2.33. The largest absolute Gasteiger partial charge is 0.482 e. The van der Waals surface area contributed by atoms with Crippen LogP contribution >= 0.6 is 0 Å². The Hall–Kier alpha value is -2.04. The van der Waals surface area contributed by atoms with E-state index in [0.29, 0.717) is 17.0 Å². The van der Waals surface area contributed by atoms with Crippen molar-refractivity contribution in [3.63, 3.8) is 0 Å². The Balaban J connectivity index is 2.35. The third kappa shape index (κ3) is 2.38. The minimum absolute atomic E-state index is 0.0117. The number of amides is 2. The predicted molar refractivity (Wildman–Crippen MR) is 63.2 cm³/mol. The smallest absolute Gasteiger partial charge is 0.262 e. The van der Waals surface area contributed by atoms with Gasteiger partial charge in [-0.3, -0.25) is 9.59 Å². The van der Waals surface area contributed by atoms with Gasteiger partial charge in [0.05, 0.1) is 11.3 Å². The number of hydrogen-bond donors (Lipinski definition) is 2. The molecule has 0 aromatic heterocycles. The second-order valence-corrected chi connectivity index (χ2v) is 4.14. The van der Waals surface area contributed by atoms with Crippen molar-refractivity contribution in [1.82, 2.24) is 5.32 Å². The minimum Gasteiger partial charge on any atom is -0.482 e. The van der Waals surface area contributed by atoms with Gasteiger partial charge in [-0.05, 0) is 26.0 Å². The lowest BCUT2D eigenvalue weighted by molar-refractivity contribution is -0.118. The first-order valence-electron chi connectivity index (χ1n) is 5.44. The van der Waals surface area contributed by atoms with Crippen LogP contribution in [0, 0.1) is 0 Å². The van der Waals surface area contributed by atoms with Crippen molar-refractivity contribution < 1.29 is 14.3 Å². The number of para-hydroxylation sites is 1. The van der Waals surface area contributed by atoms with Crippen LogP contribution in [-0.4, -0.2) is 24.5 Å². The highest BCUT2D eigenvalue weighted by Crippen LogP contribution is 2.30. The van der Waals surface area contributed by atoms with E-state index in [9.17, 15) is 9.59 Å². The van der Waals surface area contributed by atoms with Crippen LogP contribution in [0.5, 0.6) is 5.75 Å². The molecule has 0 unspecified atom stereocenters. The fourth-order valence-corrected chi connectivity index (χ4v) is 1.63. The van der Waals surface area contributed by atoms with Crippen LogP contribution in [0.4, 0.5) is 5.69 Å². The van der Waals surface area contributed by atoms with E-state index in [-0.39, 0.29) is 24.5 Å². The molecule has 1 heterocycles. The van der Waals surface area contributed by atoms with Crippen molar-refractivity contribution in [3.8, 4) is 5.75 Å². The summed E-state index contributed by atoms with van der Waals surface area (Å²) in [6.45, 7) is 3.74. The molecule has 1 aliphatic heterocycles. The molecule has 2 amide bonds. The number of nitrogens with one attached hydrogen (secondary N) is 2. The van der Waals surface area contributed by atoms with Gasteiger partial charge in [0.25, 0.3) is 11.8 Å². The lowest BCUT2D eigenvalue weighted by Gasteiger charge is -2.20. The summed E-state index contributed by atoms with van der Waals surface area (Å²) in [5.41, 5.74) is 0.867. The molecule has 0 saturated carbocycles. The van der Waals surface area contributed by atoms with E-state index in [1.54, 1.807) is 18.2 Å². The SMILES string of the molecule is CC(C)NC(=O)c1cccc2c1NC(=O)CO2. The maximum atomic E-state index is 11.9. The number of carbonyl (C=O) groups is 2. The summed E-state index contributed by atoms with van der Waals surface area (Å²) in [5, 5.41) is 5.44. The first-order valence-corrected chi connectivity index (χ1v) is 5.44. The van der Waals surface area contributed by atoms with Gasteiger partial charge in [-0.25, -0.2) is 0 Å². The average molecular weight is 234 g/mol.